The van der Waals surface area contributed by atoms with Gasteiger partial charge in [0.05, 0.1) is 0 Å². The molecule has 2 unspecified atom stereocenters. The molecule has 1 aliphatic heterocycles. The second-order valence-electron chi connectivity index (χ2n) is 5.38. The van der Waals surface area contributed by atoms with Crippen LogP contribution in [0.4, 0.5) is 0 Å². The quantitative estimate of drug-likeness (QED) is 0.468. The van der Waals surface area contributed by atoms with Crippen molar-refractivity contribution in [2.45, 2.75) is 31.7 Å². The van der Waals surface area contributed by atoms with Gasteiger partial charge in [-0.2, -0.15) is 0 Å². The number of aldehydes is 1. The van der Waals surface area contributed by atoms with Gasteiger partial charge >= 0.3 is 0 Å². The first-order valence-electron chi connectivity index (χ1n) is 5.72. The van der Waals surface area contributed by atoms with Crippen LogP contribution < -0.4 is 5.19 Å². The zero-order valence-corrected chi connectivity index (χ0v) is 11.7. The summed E-state index contributed by atoms with van der Waals surface area (Å²) in [5.74, 6) is -0.136. The van der Waals surface area contributed by atoms with E-state index in [0.29, 0.717) is 0 Å². The Kier molecular flexibility index (Phi) is 2.97. The van der Waals surface area contributed by atoms with Crippen LogP contribution in [0.1, 0.15) is 31.1 Å². The number of benzene rings is 1. The van der Waals surface area contributed by atoms with Crippen molar-refractivity contribution < 1.29 is 14.0 Å². The van der Waals surface area contributed by atoms with Crippen molar-refractivity contribution in [2.24, 2.45) is 0 Å². The molecule has 1 heterocycles. The Labute approximate surface area is 103 Å². The molecule has 0 aromatic heterocycles. The monoisotopic (exact) mass is 250 g/mol. The van der Waals surface area contributed by atoms with Crippen molar-refractivity contribution in [2.75, 3.05) is 7.11 Å². The third kappa shape index (κ3) is 1.76. The lowest BCUT2D eigenvalue weighted by Crippen LogP contribution is -2.48. The fraction of sp³-hybridized carbons (Fsp3) is 0.462. The van der Waals surface area contributed by atoms with E-state index in [9.17, 15) is 4.79 Å². The molecular weight excluding hydrogens is 232 g/mol. The van der Waals surface area contributed by atoms with Gasteiger partial charge in [0, 0.05) is 12.7 Å². The fourth-order valence-electron chi connectivity index (χ4n) is 2.41. The normalized spacial score (nSPS) is 27.9. The lowest BCUT2D eigenvalue weighted by molar-refractivity contribution is 0.0950. The van der Waals surface area contributed by atoms with Gasteiger partial charge in [-0.1, -0.05) is 45.0 Å². The predicted molar refractivity (Wildman–Crippen MR) is 68.8 cm³/mol. The molecular formula is C13H18O3Si. The average molecular weight is 250 g/mol. The van der Waals surface area contributed by atoms with E-state index in [1.165, 1.54) is 0 Å². The first kappa shape index (κ1) is 12.5. The number of hydrogen-bond acceptors (Lipinski definition) is 3. The van der Waals surface area contributed by atoms with Crippen LogP contribution in [0.25, 0.3) is 0 Å². The molecule has 1 saturated heterocycles. The Hall–Kier alpha value is -0.973. The van der Waals surface area contributed by atoms with Crippen LogP contribution in [0.3, 0.4) is 0 Å². The van der Waals surface area contributed by atoms with Crippen LogP contribution in [-0.4, -0.2) is 27.6 Å². The molecule has 92 valence electrons. The summed E-state index contributed by atoms with van der Waals surface area (Å²) in [5, 5.41) is 1.06. The summed E-state index contributed by atoms with van der Waals surface area (Å²) in [4.78, 5) is 11.1. The average Bonchev–Trinajstić information content (AvgIpc) is 3.04. The van der Waals surface area contributed by atoms with Crippen LogP contribution in [0.15, 0.2) is 24.3 Å². The van der Waals surface area contributed by atoms with Crippen molar-refractivity contribution in [1.29, 1.82) is 0 Å². The van der Waals surface area contributed by atoms with E-state index < -0.39 is 8.32 Å². The minimum atomic E-state index is -2.18. The minimum Gasteiger partial charge on any atom is -0.382 e. The van der Waals surface area contributed by atoms with Gasteiger partial charge in [-0.25, -0.2) is 0 Å². The lowest BCUT2D eigenvalue weighted by Gasteiger charge is -2.26. The molecule has 0 bridgehead atoms. The Morgan fingerprint density at radius 1 is 1.35 bits per heavy atom. The molecule has 2 atom stereocenters. The van der Waals surface area contributed by atoms with Crippen molar-refractivity contribution in [1.82, 2.24) is 0 Å². The van der Waals surface area contributed by atoms with Gasteiger partial charge in [0.25, 0.3) is 8.32 Å². The molecule has 0 N–H and O–H groups in total. The maximum absolute atomic E-state index is 11.1. The van der Waals surface area contributed by atoms with Gasteiger partial charge in [0.1, 0.15) is 6.29 Å². The standard InChI is InChI=1S/C13H18O3Si/c1-13(2,3)17(12(15-4)16-17)11-8-6-5-7-10(11)9-14/h5-9,12H,1-4H3. The van der Waals surface area contributed by atoms with E-state index in [4.69, 9.17) is 9.16 Å². The highest BCUT2D eigenvalue weighted by Gasteiger charge is 2.69. The van der Waals surface area contributed by atoms with Crippen molar-refractivity contribution in [3.8, 4) is 0 Å². The number of carbonyl (C=O) groups is 1. The maximum atomic E-state index is 11.1. The van der Waals surface area contributed by atoms with Crippen LogP contribution in [0.5, 0.6) is 0 Å². The molecule has 1 aliphatic rings. The zero-order valence-electron chi connectivity index (χ0n) is 10.7. The summed E-state index contributed by atoms with van der Waals surface area (Å²) < 4.78 is 11.3. The molecule has 0 aliphatic carbocycles. The molecule has 2 rings (SSSR count). The molecule has 0 radical (unpaired) electrons. The first-order valence-corrected chi connectivity index (χ1v) is 7.71. The summed E-state index contributed by atoms with van der Waals surface area (Å²) in [5.41, 5.74) is 0.730. The number of carbonyl (C=O) groups excluding carboxylic acids is 1. The number of ether oxygens (including phenoxy) is 1. The topological polar surface area (TPSA) is 38.8 Å². The van der Waals surface area contributed by atoms with E-state index in [2.05, 4.69) is 20.8 Å². The molecule has 1 fully saturated rings. The maximum Gasteiger partial charge on any atom is 0.291 e. The predicted octanol–water partition coefficient (Wildman–Crippen LogP) is 1.99. The first-order chi connectivity index (χ1) is 7.97. The Bertz CT molecular complexity index is 439. The fourth-order valence-corrected chi connectivity index (χ4v) is 6.63. The largest absolute Gasteiger partial charge is 0.382 e. The van der Waals surface area contributed by atoms with Crippen molar-refractivity contribution in [3.63, 3.8) is 0 Å². The van der Waals surface area contributed by atoms with Gasteiger partial charge in [0.15, 0.2) is 5.91 Å². The summed E-state index contributed by atoms with van der Waals surface area (Å²) in [7, 11) is -0.518. The number of hydrogen-bond donors (Lipinski definition) is 0. The molecule has 3 nitrogen and oxygen atoms in total. The lowest BCUT2D eigenvalue weighted by atomic mass is 10.2. The summed E-state index contributed by atoms with van der Waals surface area (Å²) in [6, 6.07) is 7.68. The van der Waals surface area contributed by atoms with Gasteiger partial charge in [-0.3, -0.25) is 4.79 Å². The van der Waals surface area contributed by atoms with Gasteiger partial charge in [-0.15, -0.1) is 0 Å². The highest BCUT2D eigenvalue weighted by Crippen LogP contribution is 2.50. The summed E-state index contributed by atoms with van der Waals surface area (Å²) >= 11 is 0. The minimum absolute atomic E-state index is 0.00674. The summed E-state index contributed by atoms with van der Waals surface area (Å²) in [6.07, 6.45) is 0.907. The second kappa shape index (κ2) is 4.05. The van der Waals surface area contributed by atoms with E-state index in [0.717, 1.165) is 17.0 Å². The molecule has 4 heteroatoms. The third-order valence-electron chi connectivity index (χ3n) is 3.38. The SMILES string of the molecule is COC1O[Si]1(c1ccccc1C=O)C(C)(C)C. The molecule has 1 aromatic carbocycles. The molecule has 17 heavy (non-hydrogen) atoms. The van der Waals surface area contributed by atoms with Crippen LogP contribution in [0.2, 0.25) is 5.04 Å². The Balaban J connectivity index is 2.53. The van der Waals surface area contributed by atoms with E-state index >= 15 is 0 Å². The molecule has 0 saturated carbocycles. The molecule has 1 aromatic rings. The molecule has 0 amide bonds. The van der Waals surface area contributed by atoms with Gasteiger partial charge in [-0.05, 0) is 10.2 Å². The van der Waals surface area contributed by atoms with Gasteiger partial charge in [0.2, 0.25) is 0 Å². The number of methoxy groups -OCH3 is 1. The van der Waals surface area contributed by atoms with E-state index in [1.807, 2.05) is 24.3 Å². The second-order valence-corrected chi connectivity index (χ2v) is 9.59. The summed E-state index contributed by atoms with van der Waals surface area (Å²) in [6.45, 7) is 6.46. The number of rotatable bonds is 3. The van der Waals surface area contributed by atoms with E-state index in [1.54, 1.807) is 7.11 Å². The van der Waals surface area contributed by atoms with E-state index in [-0.39, 0.29) is 11.0 Å². The Morgan fingerprint density at radius 2 is 2.00 bits per heavy atom. The highest BCUT2D eigenvalue weighted by atomic mass is 28.4. The van der Waals surface area contributed by atoms with Crippen LogP contribution in [-0.2, 0) is 9.16 Å². The van der Waals surface area contributed by atoms with Crippen LogP contribution >= 0.6 is 0 Å². The molecule has 0 spiro atoms. The Morgan fingerprint density at radius 3 is 2.47 bits per heavy atom. The highest BCUT2D eigenvalue weighted by molar-refractivity contribution is 6.96. The van der Waals surface area contributed by atoms with Crippen molar-refractivity contribution in [3.05, 3.63) is 29.8 Å². The van der Waals surface area contributed by atoms with Gasteiger partial charge < -0.3 is 9.16 Å². The third-order valence-corrected chi connectivity index (χ3v) is 8.24. The van der Waals surface area contributed by atoms with Crippen LogP contribution in [0, 0.1) is 0 Å². The zero-order chi connectivity index (χ0) is 12.7. The smallest absolute Gasteiger partial charge is 0.291 e. The van der Waals surface area contributed by atoms with Crippen molar-refractivity contribution >= 4 is 19.8 Å².